The van der Waals surface area contributed by atoms with Gasteiger partial charge in [-0.05, 0) is 60.0 Å². The van der Waals surface area contributed by atoms with E-state index in [4.69, 9.17) is 6.57 Å². The lowest BCUT2D eigenvalue weighted by Crippen LogP contribution is -1.95. The van der Waals surface area contributed by atoms with Gasteiger partial charge in [-0.2, -0.15) is 0 Å². The summed E-state index contributed by atoms with van der Waals surface area (Å²) in [4.78, 5) is 3.70. The molecule has 0 bridgehead atoms. The van der Waals surface area contributed by atoms with Crippen LogP contribution in [0.5, 0.6) is 0 Å². The first-order chi connectivity index (χ1) is 16.8. The Morgan fingerprint density at radius 3 is 1.65 bits per heavy atom. The first-order valence-corrected chi connectivity index (χ1v) is 11.3. The van der Waals surface area contributed by atoms with Crippen LogP contribution < -0.4 is 0 Å². The molecule has 0 unspecified atom stereocenters. The van der Waals surface area contributed by atoms with Crippen LogP contribution in [-0.4, -0.2) is 9.13 Å². The largest absolute Gasteiger partial charge is 0.309 e. The quantitative estimate of drug-likeness (QED) is 0.243. The molecular weight excluding hydrogens is 414 g/mol. The van der Waals surface area contributed by atoms with E-state index in [2.05, 4.69) is 111 Å². The van der Waals surface area contributed by atoms with Crippen LogP contribution in [0.15, 0.2) is 115 Å². The number of nitrogens with zero attached hydrogens (tertiary/aromatic N) is 3. The van der Waals surface area contributed by atoms with Gasteiger partial charge in [0.1, 0.15) is 0 Å². The molecule has 0 spiro atoms. The molecule has 0 radical (unpaired) electrons. The minimum absolute atomic E-state index is 0.655. The van der Waals surface area contributed by atoms with Crippen molar-refractivity contribution >= 4 is 49.3 Å². The Hall–Kier alpha value is -4.81. The van der Waals surface area contributed by atoms with Gasteiger partial charge in [0, 0.05) is 27.5 Å². The first kappa shape index (κ1) is 18.7. The summed E-state index contributed by atoms with van der Waals surface area (Å²) in [7, 11) is 0. The van der Waals surface area contributed by atoms with Crippen molar-refractivity contribution in [3.05, 3.63) is 127 Å². The molecule has 34 heavy (non-hydrogen) atoms. The number of benzene rings is 5. The van der Waals surface area contributed by atoms with Crippen LogP contribution in [0.25, 0.3) is 59.8 Å². The maximum Gasteiger partial charge on any atom is 0.188 e. The minimum atomic E-state index is 0.655. The maximum absolute atomic E-state index is 7.55. The summed E-state index contributed by atoms with van der Waals surface area (Å²) >= 11 is 0. The number of hydrogen-bond acceptors (Lipinski definition) is 0. The molecule has 0 fully saturated rings. The Morgan fingerprint density at radius 1 is 0.441 bits per heavy atom. The second-order valence-corrected chi connectivity index (χ2v) is 8.56. The molecule has 0 amide bonds. The highest BCUT2D eigenvalue weighted by Crippen LogP contribution is 2.37. The van der Waals surface area contributed by atoms with E-state index in [9.17, 15) is 0 Å². The monoisotopic (exact) mass is 433 g/mol. The SMILES string of the molecule is [C-]#[N+]c1ccc2c(c1)c1cc(-n3c4ccccc4c4ccccc43)ccc1n2-c1ccccc1. The Kier molecular flexibility index (Phi) is 3.91. The van der Waals surface area contributed by atoms with E-state index in [1.165, 1.54) is 21.8 Å². The lowest BCUT2D eigenvalue weighted by atomic mass is 10.1. The molecule has 5 aromatic carbocycles. The average molecular weight is 434 g/mol. The Balaban J connectivity index is 1.60. The number of para-hydroxylation sites is 3. The van der Waals surface area contributed by atoms with Crippen LogP contribution >= 0.6 is 0 Å². The van der Waals surface area contributed by atoms with Crippen LogP contribution in [0.2, 0.25) is 0 Å². The highest BCUT2D eigenvalue weighted by atomic mass is 15.0. The average Bonchev–Trinajstić information content (AvgIpc) is 3.41. The molecular formula is C31H19N3. The highest BCUT2D eigenvalue weighted by Gasteiger charge is 2.16. The van der Waals surface area contributed by atoms with Crippen molar-refractivity contribution in [3.8, 4) is 11.4 Å². The van der Waals surface area contributed by atoms with Gasteiger partial charge in [-0.1, -0.05) is 60.7 Å². The Labute approximate surface area is 196 Å². The normalized spacial score (nSPS) is 11.5. The molecule has 158 valence electrons. The van der Waals surface area contributed by atoms with Gasteiger partial charge >= 0.3 is 0 Å². The number of aromatic nitrogens is 2. The molecule has 7 aromatic rings. The molecule has 0 atom stereocenters. The molecule has 2 aromatic heterocycles. The third kappa shape index (κ3) is 2.57. The first-order valence-electron chi connectivity index (χ1n) is 11.3. The van der Waals surface area contributed by atoms with Crippen molar-refractivity contribution in [3.63, 3.8) is 0 Å². The minimum Gasteiger partial charge on any atom is -0.309 e. The van der Waals surface area contributed by atoms with Gasteiger partial charge in [0.15, 0.2) is 5.69 Å². The second-order valence-electron chi connectivity index (χ2n) is 8.56. The van der Waals surface area contributed by atoms with Crippen LogP contribution in [-0.2, 0) is 0 Å². The predicted molar refractivity (Wildman–Crippen MR) is 141 cm³/mol. The zero-order valence-corrected chi connectivity index (χ0v) is 18.3. The van der Waals surface area contributed by atoms with Crippen LogP contribution in [0.1, 0.15) is 0 Å². The summed E-state index contributed by atoms with van der Waals surface area (Å²) < 4.78 is 4.63. The van der Waals surface area contributed by atoms with Gasteiger partial charge in [0.25, 0.3) is 0 Å². The highest BCUT2D eigenvalue weighted by molar-refractivity contribution is 6.12. The molecule has 3 heteroatoms. The van der Waals surface area contributed by atoms with Crippen molar-refractivity contribution in [1.82, 2.24) is 9.13 Å². The van der Waals surface area contributed by atoms with Crippen molar-refractivity contribution in [1.29, 1.82) is 0 Å². The molecule has 7 rings (SSSR count). The van der Waals surface area contributed by atoms with Crippen LogP contribution in [0.3, 0.4) is 0 Å². The predicted octanol–water partition coefficient (Wildman–Crippen LogP) is 8.43. The number of hydrogen-bond donors (Lipinski definition) is 0. The number of rotatable bonds is 2. The third-order valence-electron chi connectivity index (χ3n) is 6.71. The van der Waals surface area contributed by atoms with E-state index in [0.717, 1.165) is 33.2 Å². The fourth-order valence-electron chi connectivity index (χ4n) is 5.26. The number of fused-ring (bicyclic) bond motifs is 6. The van der Waals surface area contributed by atoms with E-state index in [1.807, 2.05) is 18.2 Å². The lowest BCUT2D eigenvalue weighted by molar-refractivity contribution is 1.17. The second kappa shape index (κ2) is 7.10. The smallest absolute Gasteiger partial charge is 0.188 e. The zero-order chi connectivity index (χ0) is 22.6. The van der Waals surface area contributed by atoms with Gasteiger partial charge in [-0.25, -0.2) is 4.85 Å². The molecule has 0 aliphatic rings. The zero-order valence-electron chi connectivity index (χ0n) is 18.3. The molecule has 3 nitrogen and oxygen atoms in total. The van der Waals surface area contributed by atoms with Crippen LogP contribution in [0, 0.1) is 6.57 Å². The van der Waals surface area contributed by atoms with Crippen LogP contribution in [0.4, 0.5) is 5.69 Å². The summed E-state index contributed by atoms with van der Waals surface area (Å²) in [5.41, 5.74) is 7.50. The molecule has 0 aliphatic heterocycles. The van der Waals surface area contributed by atoms with Crippen molar-refractivity contribution in [2.24, 2.45) is 0 Å². The van der Waals surface area contributed by atoms with E-state index < -0.39 is 0 Å². The van der Waals surface area contributed by atoms with Gasteiger partial charge in [-0.15, -0.1) is 0 Å². The van der Waals surface area contributed by atoms with Crippen molar-refractivity contribution in [2.75, 3.05) is 0 Å². The molecule has 0 saturated carbocycles. The van der Waals surface area contributed by atoms with Gasteiger partial charge in [-0.3, -0.25) is 0 Å². The van der Waals surface area contributed by atoms with E-state index in [1.54, 1.807) is 0 Å². The molecule has 2 heterocycles. The third-order valence-corrected chi connectivity index (χ3v) is 6.71. The standard InChI is InChI=1S/C31H19N3/c1-32-21-15-17-30-26(19-21)27-20-23(16-18-31(27)33(30)22-9-3-2-4-10-22)34-28-13-7-5-11-24(28)25-12-6-8-14-29(25)34/h2-20H. The van der Waals surface area contributed by atoms with E-state index >= 15 is 0 Å². The summed E-state index contributed by atoms with van der Waals surface area (Å²) in [6.45, 7) is 7.55. The topological polar surface area (TPSA) is 14.2 Å². The summed E-state index contributed by atoms with van der Waals surface area (Å²) in [6.07, 6.45) is 0. The summed E-state index contributed by atoms with van der Waals surface area (Å²) in [5, 5.41) is 4.74. The van der Waals surface area contributed by atoms with Crippen molar-refractivity contribution in [2.45, 2.75) is 0 Å². The lowest BCUT2D eigenvalue weighted by Gasteiger charge is -2.10. The molecule has 0 aliphatic carbocycles. The fraction of sp³-hybridized carbons (Fsp3) is 0. The molecule has 0 N–H and O–H groups in total. The van der Waals surface area contributed by atoms with E-state index in [0.29, 0.717) is 5.69 Å². The van der Waals surface area contributed by atoms with Gasteiger partial charge in [0.2, 0.25) is 0 Å². The Bertz CT molecular complexity index is 1860. The van der Waals surface area contributed by atoms with Crippen molar-refractivity contribution < 1.29 is 0 Å². The van der Waals surface area contributed by atoms with Gasteiger partial charge < -0.3 is 9.13 Å². The van der Waals surface area contributed by atoms with Gasteiger partial charge in [0.05, 0.1) is 28.6 Å². The fourth-order valence-corrected chi connectivity index (χ4v) is 5.26. The molecule has 0 saturated heterocycles. The Morgan fingerprint density at radius 2 is 0.971 bits per heavy atom. The maximum atomic E-state index is 7.55. The summed E-state index contributed by atoms with van der Waals surface area (Å²) in [6, 6.07) is 40.2. The van der Waals surface area contributed by atoms with E-state index in [-0.39, 0.29) is 0 Å². The summed E-state index contributed by atoms with van der Waals surface area (Å²) in [5.74, 6) is 0.